The summed E-state index contributed by atoms with van der Waals surface area (Å²) in [7, 11) is 1.63. The van der Waals surface area contributed by atoms with Gasteiger partial charge < -0.3 is 14.8 Å². The van der Waals surface area contributed by atoms with Gasteiger partial charge in [-0.05, 0) is 30.2 Å². The van der Waals surface area contributed by atoms with Crippen molar-refractivity contribution in [2.75, 3.05) is 26.0 Å². The molecule has 0 bridgehead atoms. The van der Waals surface area contributed by atoms with Gasteiger partial charge in [-0.25, -0.2) is 0 Å². The number of aliphatic imine (C=N–C) groups is 1. The van der Waals surface area contributed by atoms with Gasteiger partial charge in [-0.2, -0.15) is 0 Å². The molecule has 3 rings (SSSR count). The minimum Gasteiger partial charge on any atom is -0.497 e. The molecule has 0 aliphatic carbocycles. The Balaban J connectivity index is 1.69. The monoisotopic (exact) mass is 292 g/mol. The predicted molar refractivity (Wildman–Crippen MR) is 78.6 cm³/mol. The molecule has 1 amide bonds. The molecule has 0 unspecified atom stereocenters. The van der Waals surface area contributed by atoms with E-state index in [1.54, 1.807) is 18.9 Å². The molecule has 0 saturated heterocycles. The second-order valence-electron chi connectivity index (χ2n) is 4.71. The second-order valence-corrected chi connectivity index (χ2v) is 5.79. The number of hydrogen-bond donors (Lipinski definition) is 1. The van der Waals surface area contributed by atoms with E-state index in [0.717, 1.165) is 34.5 Å². The zero-order chi connectivity index (χ0) is 13.9. The number of thioether (sulfide) groups is 1. The van der Waals surface area contributed by atoms with Crippen LogP contribution in [0.1, 0.15) is 5.56 Å². The van der Waals surface area contributed by atoms with E-state index < -0.39 is 0 Å². The van der Waals surface area contributed by atoms with E-state index in [2.05, 4.69) is 10.3 Å². The molecule has 6 heteroatoms. The Morgan fingerprint density at radius 2 is 2.45 bits per heavy atom. The van der Waals surface area contributed by atoms with Gasteiger partial charge in [0.05, 0.1) is 19.6 Å². The van der Waals surface area contributed by atoms with Crippen molar-refractivity contribution in [1.29, 1.82) is 0 Å². The molecule has 0 fully saturated rings. The zero-order valence-corrected chi connectivity index (χ0v) is 12.0. The molecular weight excluding hydrogens is 276 g/mol. The van der Waals surface area contributed by atoms with Crippen LogP contribution in [0.2, 0.25) is 0 Å². The molecular formula is C14H16N2O3S. The number of carbonyl (C=O) groups is 1. The van der Waals surface area contributed by atoms with E-state index in [1.807, 2.05) is 18.2 Å². The third-order valence-corrected chi connectivity index (χ3v) is 4.25. The van der Waals surface area contributed by atoms with Gasteiger partial charge >= 0.3 is 0 Å². The first-order valence-electron chi connectivity index (χ1n) is 6.54. The van der Waals surface area contributed by atoms with E-state index in [4.69, 9.17) is 9.47 Å². The minimum atomic E-state index is -0.182. The van der Waals surface area contributed by atoms with Crippen LogP contribution in [0.3, 0.4) is 0 Å². The van der Waals surface area contributed by atoms with Crippen LogP contribution >= 0.6 is 11.8 Å². The summed E-state index contributed by atoms with van der Waals surface area (Å²) in [6, 6.07) is 5.68. The van der Waals surface area contributed by atoms with E-state index in [0.29, 0.717) is 13.0 Å². The SMILES string of the molecule is COc1ccc2c(c1)C[C@H](C(=O)NC1=NCCS1)CO2. The van der Waals surface area contributed by atoms with Crippen molar-refractivity contribution in [3.8, 4) is 11.5 Å². The summed E-state index contributed by atoms with van der Waals surface area (Å²) in [6.07, 6.45) is 0.663. The Morgan fingerprint density at radius 1 is 1.55 bits per heavy atom. The Labute approximate surface area is 121 Å². The fourth-order valence-electron chi connectivity index (χ4n) is 2.28. The fraction of sp³-hybridized carbons (Fsp3) is 0.429. The molecule has 2 heterocycles. The van der Waals surface area contributed by atoms with Crippen LogP contribution in [0.4, 0.5) is 0 Å². The highest BCUT2D eigenvalue weighted by Gasteiger charge is 2.27. The summed E-state index contributed by atoms with van der Waals surface area (Å²) in [5.74, 6) is 2.35. The highest BCUT2D eigenvalue weighted by molar-refractivity contribution is 8.14. The van der Waals surface area contributed by atoms with Gasteiger partial charge in [-0.3, -0.25) is 9.79 Å². The van der Waals surface area contributed by atoms with Crippen LogP contribution in [0.25, 0.3) is 0 Å². The van der Waals surface area contributed by atoms with Gasteiger partial charge in [0, 0.05) is 5.75 Å². The molecule has 5 nitrogen and oxygen atoms in total. The summed E-state index contributed by atoms with van der Waals surface area (Å²) >= 11 is 1.58. The third kappa shape index (κ3) is 2.75. The number of amides is 1. The average molecular weight is 292 g/mol. The van der Waals surface area contributed by atoms with Crippen molar-refractivity contribution in [3.05, 3.63) is 23.8 Å². The van der Waals surface area contributed by atoms with Crippen molar-refractivity contribution >= 4 is 22.8 Å². The molecule has 20 heavy (non-hydrogen) atoms. The van der Waals surface area contributed by atoms with Gasteiger partial charge in [-0.15, -0.1) is 0 Å². The van der Waals surface area contributed by atoms with Crippen LogP contribution in [0.15, 0.2) is 23.2 Å². The molecule has 2 aliphatic heterocycles. The predicted octanol–water partition coefficient (Wildman–Crippen LogP) is 1.47. The summed E-state index contributed by atoms with van der Waals surface area (Å²) < 4.78 is 10.9. The molecule has 106 valence electrons. The topological polar surface area (TPSA) is 59.9 Å². The Kier molecular flexibility index (Phi) is 3.82. The normalized spacial score (nSPS) is 20.6. The molecule has 1 atom stereocenters. The number of hydrogen-bond acceptors (Lipinski definition) is 5. The number of nitrogens with one attached hydrogen (secondary N) is 1. The van der Waals surface area contributed by atoms with Gasteiger partial charge in [0.25, 0.3) is 0 Å². The lowest BCUT2D eigenvalue weighted by Crippen LogP contribution is -2.39. The van der Waals surface area contributed by atoms with Crippen molar-refractivity contribution in [3.63, 3.8) is 0 Å². The van der Waals surface area contributed by atoms with Gasteiger partial charge in [0.2, 0.25) is 5.91 Å². The van der Waals surface area contributed by atoms with Crippen LogP contribution in [0, 0.1) is 5.92 Å². The standard InChI is InChI=1S/C14H16N2O3S/c1-18-11-2-3-12-9(7-11)6-10(8-19-12)13(17)16-14-15-4-5-20-14/h2-3,7,10H,4-6,8H2,1H3,(H,15,16,17)/t10-/m0/s1. The molecule has 1 aromatic carbocycles. The largest absolute Gasteiger partial charge is 0.497 e. The number of nitrogens with zero attached hydrogens (tertiary/aromatic N) is 1. The molecule has 2 aliphatic rings. The third-order valence-electron chi connectivity index (χ3n) is 3.36. The van der Waals surface area contributed by atoms with Crippen molar-refractivity contribution in [1.82, 2.24) is 5.32 Å². The summed E-state index contributed by atoms with van der Waals surface area (Å²) in [6.45, 7) is 1.19. The molecule has 0 spiro atoms. The second kappa shape index (κ2) is 5.75. The van der Waals surface area contributed by atoms with Gasteiger partial charge in [0.15, 0.2) is 5.17 Å². The van der Waals surface area contributed by atoms with Gasteiger partial charge in [0.1, 0.15) is 18.1 Å². The summed E-state index contributed by atoms with van der Waals surface area (Å²) in [5.41, 5.74) is 1.01. The molecule has 0 saturated carbocycles. The van der Waals surface area contributed by atoms with E-state index in [1.165, 1.54) is 0 Å². The first-order valence-corrected chi connectivity index (χ1v) is 7.52. The minimum absolute atomic E-state index is 0.0216. The van der Waals surface area contributed by atoms with Gasteiger partial charge in [-0.1, -0.05) is 11.8 Å². The highest BCUT2D eigenvalue weighted by atomic mass is 32.2. The van der Waals surface area contributed by atoms with Crippen molar-refractivity contribution in [2.45, 2.75) is 6.42 Å². The summed E-state index contributed by atoms with van der Waals surface area (Å²) in [5, 5.41) is 3.60. The summed E-state index contributed by atoms with van der Waals surface area (Å²) in [4.78, 5) is 16.4. The number of carbonyl (C=O) groups excluding carboxylic acids is 1. The van der Waals surface area contributed by atoms with Crippen LogP contribution in [-0.2, 0) is 11.2 Å². The number of fused-ring (bicyclic) bond motifs is 1. The van der Waals surface area contributed by atoms with E-state index in [-0.39, 0.29) is 11.8 Å². The Morgan fingerprint density at radius 3 is 3.20 bits per heavy atom. The maximum absolute atomic E-state index is 12.2. The quantitative estimate of drug-likeness (QED) is 0.896. The molecule has 0 radical (unpaired) electrons. The smallest absolute Gasteiger partial charge is 0.232 e. The number of ether oxygens (including phenoxy) is 2. The number of amidine groups is 1. The van der Waals surface area contributed by atoms with Crippen molar-refractivity contribution < 1.29 is 14.3 Å². The Bertz CT molecular complexity index is 559. The number of methoxy groups -OCH3 is 1. The number of rotatable bonds is 2. The van der Waals surface area contributed by atoms with Crippen LogP contribution in [0.5, 0.6) is 11.5 Å². The number of benzene rings is 1. The molecule has 1 N–H and O–H groups in total. The highest BCUT2D eigenvalue weighted by Crippen LogP contribution is 2.30. The van der Waals surface area contributed by atoms with E-state index in [9.17, 15) is 4.79 Å². The first kappa shape index (κ1) is 13.3. The molecule has 1 aromatic rings. The molecule has 0 aromatic heterocycles. The lowest BCUT2D eigenvalue weighted by molar-refractivity contribution is -0.124. The maximum Gasteiger partial charge on any atom is 0.232 e. The lowest BCUT2D eigenvalue weighted by Gasteiger charge is -2.24. The van der Waals surface area contributed by atoms with Crippen LogP contribution < -0.4 is 14.8 Å². The van der Waals surface area contributed by atoms with E-state index >= 15 is 0 Å². The van der Waals surface area contributed by atoms with Crippen molar-refractivity contribution in [2.24, 2.45) is 10.9 Å². The fourth-order valence-corrected chi connectivity index (χ4v) is 3.02. The first-order chi connectivity index (χ1) is 9.76. The zero-order valence-electron chi connectivity index (χ0n) is 11.2. The maximum atomic E-state index is 12.2. The Hall–Kier alpha value is -1.69. The van der Waals surface area contributed by atoms with Crippen LogP contribution in [-0.4, -0.2) is 37.1 Å². The lowest BCUT2D eigenvalue weighted by atomic mass is 9.96. The average Bonchev–Trinajstić information content (AvgIpc) is 2.99.